The van der Waals surface area contributed by atoms with Gasteiger partial charge in [-0.3, -0.25) is 4.79 Å². The number of carbonyl (C=O) groups excluding carboxylic acids is 2. The highest BCUT2D eigenvalue weighted by Crippen LogP contribution is 2.29. The highest BCUT2D eigenvalue weighted by atomic mass is 32.2. The molecule has 3 aromatic rings. The van der Waals surface area contributed by atoms with Gasteiger partial charge in [0.25, 0.3) is 0 Å². The van der Waals surface area contributed by atoms with E-state index >= 15 is 0 Å². The van der Waals surface area contributed by atoms with Gasteiger partial charge in [0.05, 0.1) is 32.1 Å². The molecule has 9 nitrogen and oxygen atoms in total. The number of rotatable bonds is 11. The van der Waals surface area contributed by atoms with Crippen LogP contribution in [0.5, 0.6) is 11.5 Å². The lowest BCUT2D eigenvalue weighted by Crippen LogP contribution is -2.15. The number of aromatic nitrogens is 3. The van der Waals surface area contributed by atoms with Crippen molar-refractivity contribution in [3.8, 4) is 11.5 Å². The molecule has 0 radical (unpaired) electrons. The van der Waals surface area contributed by atoms with Crippen molar-refractivity contribution in [1.82, 2.24) is 14.8 Å². The maximum absolute atomic E-state index is 12.4. The van der Waals surface area contributed by atoms with Gasteiger partial charge in [-0.1, -0.05) is 17.8 Å². The van der Waals surface area contributed by atoms with Gasteiger partial charge >= 0.3 is 5.97 Å². The van der Waals surface area contributed by atoms with Crippen molar-refractivity contribution >= 4 is 29.3 Å². The van der Waals surface area contributed by atoms with E-state index in [0.29, 0.717) is 47.5 Å². The molecule has 34 heavy (non-hydrogen) atoms. The average molecular weight is 485 g/mol. The molecule has 0 atom stereocenters. The fraction of sp³-hybridized carbons (Fsp3) is 0.333. The van der Waals surface area contributed by atoms with Gasteiger partial charge in [0, 0.05) is 18.7 Å². The summed E-state index contributed by atoms with van der Waals surface area (Å²) in [6.45, 7) is 4.75. The van der Waals surface area contributed by atoms with Gasteiger partial charge in [0.1, 0.15) is 5.82 Å². The van der Waals surface area contributed by atoms with Gasteiger partial charge in [-0.15, -0.1) is 10.2 Å². The fourth-order valence-electron chi connectivity index (χ4n) is 3.28. The normalized spacial score (nSPS) is 10.6. The molecule has 2 aromatic carbocycles. The molecule has 1 aromatic heterocycles. The molecule has 0 unspecified atom stereocenters. The van der Waals surface area contributed by atoms with E-state index in [0.717, 1.165) is 11.4 Å². The van der Waals surface area contributed by atoms with Crippen LogP contribution in [0.2, 0.25) is 0 Å². The second kappa shape index (κ2) is 12.1. The van der Waals surface area contributed by atoms with Crippen LogP contribution in [0.25, 0.3) is 0 Å². The predicted molar refractivity (Wildman–Crippen MR) is 130 cm³/mol. The van der Waals surface area contributed by atoms with Crippen molar-refractivity contribution in [3.63, 3.8) is 0 Å². The van der Waals surface area contributed by atoms with Crippen LogP contribution in [-0.2, 0) is 22.5 Å². The third kappa shape index (κ3) is 6.28. The van der Waals surface area contributed by atoms with Crippen LogP contribution in [0.3, 0.4) is 0 Å². The monoisotopic (exact) mass is 484 g/mol. The minimum atomic E-state index is -0.390. The van der Waals surface area contributed by atoms with E-state index in [4.69, 9.17) is 14.2 Å². The Hall–Kier alpha value is -3.53. The number of nitrogens with one attached hydrogen (secondary N) is 1. The van der Waals surface area contributed by atoms with Crippen molar-refractivity contribution in [2.75, 3.05) is 31.9 Å². The Kier molecular flexibility index (Phi) is 8.92. The number of amides is 1. The molecule has 0 spiro atoms. The summed E-state index contributed by atoms with van der Waals surface area (Å²) in [6, 6.07) is 12.3. The van der Waals surface area contributed by atoms with Crippen LogP contribution in [-0.4, -0.2) is 53.2 Å². The number of thioether (sulfide) groups is 1. The maximum Gasteiger partial charge on any atom is 0.338 e. The van der Waals surface area contributed by atoms with Crippen molar-refractivity contribution < 1.29 is 23.8 Å². The molecule has 0 fully saturated rings. The van der Waals surface area contributed by atoms with Crippen molar-refractivity contribution in [1.29, 1.82) is 0 Å². The average Bonchev–Trinajstić information content (AvgIpc) is 3.24. The number of carbonyl (C=O) groups is 2. The first-order valence-corrected chi connectivity index (χ1v) is 11.8. The number of nitrogens with zero attached hydrogens (tertiary/aromatic N) is 3. The van der Waals surface area contributed by atoms with E-state index in [9.17, 15) is 9.59 Å². The summed E-state index contributed by atoms with van der Waals surface area (Å²) in [5.41, 5.74) is 2.05. The molecule has 10 heteroatoms. The summed E-state index contributed by atoms with van der Waals surface area (Å²) >= 11 is 1.32. The van der Waals surface area contributed by atoms with E-state index in [-0.39, 0.29) is 11.7 Å². The molecular weight excluding hydrogens is 456 g/mol. The topological polar surface area (TPSA) is 105 Å². The molecule has 1 heterocycles. The summed E-state index contributed by atoms with van der Waals surface area (Å²) in [5.74, 6) is 1.73. The van der Waals surface area contributed by atoms with Gasteiger partial charge < -0.3 is 24.1 Å². The zero-order valence-corrected chi connectivity index (χ0v) is 20.5. The smallest absolute Gasteiger partial charge is 0.338 e. The van der Waals surface area contributed by atoms with Gasteiger partial charge in [-0.25, -0.2) is 4.79 Å². The van der Waals surface area contributed by atoms with Crippen LogP contribution in [0.15, 0.2) is 47.6 Å². The molecule has 0 aliphatic carbocycles. The quantitative estimate of drug-likeness (QED) is 0.324. The molecular formula is C24H28N4O5S. The van der Waals surface area contributed by atoms with Crippen LogP contribution in [0.1, 0.15) is 35.6 Å². The Morgan fingerprint density at radius 1 is 1.00 bits per heavy atom. The van der Waals surface area contributed by atoms with Crippen molar-refractivity contribution in [3.05, 3.63) is 59.4 Å². The van der Waals surface area contributed by atoms with E-state index in [1.165, 1.54) is 11.8 Å². The number of anilines is 1. The Balaban J connectivity index is 1.60. The Bertz CT molecular complexity index is 1130. The summed E-state index contributed by atoms with van der Waals surface area (Å²) < 4.78 is 17.6. The van der Waals surface area contributed by atoms with Crippen LogP contribution < -0.4 is 14.8 Å². The highest BCUT2D eigenvalue weighted by molar-refractivity contribution is 7.99. The summed E-state index contributed by atoms with van der Waals surface area (Å²) in [5, 5.41) is 12.1. The Labute approximate surface area is 202 Å². The zero-order valence-electron chi connectivity index (χ0n) is 19.7. The van der Waals surface area contributed by atoms with Gasteiger partial charge in [0.15, 0.2) is 16.7 Å². The number of hydrogen-bond donors (Lipinski definition) is 1. The Morgan fingerprint density at radius 3 is 2.38 bits per heavy atom. The number of esters is 1. The lowest BCUT2D eigenvalue weighted by atomic mass is 10.1. The summed E-state index contributed by atoms with van der Waals surface area (Å²) in [4.78, 5) is 24.2. The first-order valence-electron chi connectivity index (χ1n) is 10.8. The maximum atomic E-state index is 12.4. The number of methoxy groups -OCH3 is 2. The highest BCUT2D eigenvalue weighted by Gasteiger charge is 2.15. The lowest BCUT2D eigenvalue weighted by Gasteiger charge is -2.10. The standard InChI is InChI=1S/C24H28N4O5S/c1-5-28-21(14-16-7-12-19(31-3)20(13-16)32-4)26-27-24(28)34-15-22(29)25-18-10-8-17(9-11-18)23(30)33-6-2/h7-13H,5-6,14-15H2,1-4H3,(H,25,29). The van der Waals surface area contributed by atoms with Crippen LogP contribution in [0.4, 0.5) is 5.69 Å². The van der Waals surface area contributed by atoms with Gasteiger partial charge in [-0.2, -0.15) is 0 Å². The first-order chi connectivity index (χ1) is 16.5. The SMILES string of the molecule is CCOC(=O)c1ccc(NC(=O)CSc2nnc(Cc3ccc(OC)c(OC)c3)n2CC)cc1. The zero-order chi connectivity index (χ0) is 24.5. The molecule has 180 valence electrons. The van der Waals surface area contributed by atoms with E-state index in [2.05, 4.69) is 15.5 Å². The minimum Gasteiger partial charge on any atom is -0.493 e. The molecule has 1 N–H and O–H groups in total. The largest absolute Gasteiger partial charge is 0.493 e. The van der Waals surface area contributed by atoms with Crippen molar-refractivity contribution in [2.24, 2.45) is 0 Å². The number of benzene rings is 2. The molecule has 1 amide bonds. The fourth-order valence-corrected chi connectivity index (χ4v) is 4.10. The number of hydrogen-bond acceptors (Lipinski definition) is 8. The predicted octanol–water partition coefficient (Wildman–Crippen LogP) is 3.81. The van der Waals surface area contributed by atoms with E-state index in [1.54, 1.807) is 45.4 Å². The van der Waals surface area contributed by atoms with E-state index < -0.39 is 5.97 Å². The Morgan fingerprint density at radius 2 is 1.74 bits per heavy atom. The molecule has 0 aliphatic rings. The van der Waals surface area contributed by atoms with Crippen LogP contribution in [0, 0.1) is 0 Å². The second-order valence-corrected chi connectivity index (χ2v) is 8.09. The lowest BCUT2D eigenvalue weighted by molar-refractivity contribution is -0.113. The van der Waals surface area contributed by atoms with E-state index in [1.807, 2.05) is 29.7 Å². The molecule has 0 saturated heterocycles. The third-order valence-electron chi connectivity index (χ3n) is 4.93. The first kappa shape index (κ1) is 25.1. The summed E-state index contributed by atoms with van der Waals surface area (Å²) in [6.07, 6.45) is 0.570. The second-order valence-electron chi connectivity index (χ2n) is 7.14. The molecule has 0 bridgehead atoms. The van der Waals surface area contributed by atoms with Crippen LogP contribution >= 0.6 is 11.8 Å². The molecule has 0 aliphatic heterocycles. The van der Waals surface area contributed by atoms with Gasteiger partial charge in [-0.05, 0) is 55.8 Å². The number of ether oxygens (including phenoxy) is 3. The molecule has 3 rings (SSSR count). The molecule has 0 saturated carbocycles. The van der Waals surface area contributed by atoms with Crippen molar-refractivity contribution in [2.45, 2.75) is 32.0 Å². The minimum absolute atomic E-state index is 0.175. The van der Waals surface area contributed by atoms with Gasteiger partial charge in [0.2, 0.25) is 5.91 Å². The summed E-state index contributed by atoms with van der Waals surface area (Å²) in [7, 11) is 3.20. The third-order valence-corrected chi connectivity index (χ3v) is 5.90.